The van der Waals surface area contributed by atoms with Crippen LogP contribution in [0.2, 0.25) is 0 Å². The van der Waals surface area contributed by atoms with Gasteiger partial charge in [0.15, 0.2) is 6.61 Å². The summed E-state index contributed by atoms with van der Waals surface area (Å²) >= 11 is 1.57. The van der Waals surface area contributed by atoms with Crippen LogP contribution in [-0.2, 0) is 14.3 Å². The molecule has 23 heavy (non-hydrogen) atoms. The van der Waals surface area contributed by atoms with Gasteiger partial charge in [0.1, 0.15) is 0 Å². The van der Waals surface area contributed by atoms with E-state index in [1.165, 1.54) is 19.3 Å². The first-order valence-corrected chi connectivity index (χ1v) is 9.46. The van der Waals surface area contributed by atoms with Crippen molar-refractivity contribution in [2.24, 2.45) is 17.8 Å². The lowest BCUT2D eigenvalue weighted by Crippen LogP contribution is -2.23. The highest BCUT2D eigenvalue weighted by Gasteiger charge is 2.40. The summed E-state index contributed by atoms with van der Waals surface area (Å²) in [5.41, 5.74) is 0.758. The maximum absolute atomic E-state index is 12.0. The lowest BCUT2D eigenvalue weighted by atomic mass is 9.86. The van der Waals surface area contributed by atoms with Gasteiger partial charge in [-0.15, -0.1) is 11.8 Å². The molecule has 5 heteroatoms. The van der Waals surface area contributed by atoms with Gasteiger partial charge in [-0.25, -0.2) is 0 Å². The van der Waals surface area contributed by atoms with Crippen molar-refractivity contribution >= 4 is 29.3 Å². The van der Waals surface area contributed by atoms with E-state index in [2.05, 4.69) is 5.32 Å². The lowest BCUT2D eigenvalue weighted by Gasteiger charge is -2.20. The van der Waals surface area contributed by atoms with Crippen molar-refractivity contribution in [3.05, 3.63) is 24.3 Å². The number of esters is 1. The molecule has 2 fully saturated rings. The average molecular weight is 333 g/mol. The van der Waals surface area contributed by atoms with Gasteiger partial charge in [-0.05, 0) is 55.4 Å². The van der Waals surface area contributed by atoms with E-state index in [-0.39, 0.29) is 18.5 Å². The standard InChI is InChI=1S/C18H23NO3S/c1-23-16-5-3-2-4-15(16)19-17(20)11-22-18(21)10-14-9-12-6-7-13(14)8-12/h2-5,12-14H,6-11H2,1H3,(H,19,20)/t12-,13+,14+/m0/s1. The number of fused-ring (bicyclic) bond motifs is 2. The fourth-order valence-electron chi connectivity index (χ4n) is 3.98. The molecule has 2 bridgehead atoms. The zero-order chi connectivity index (χ0) is 16.2. The number of thioether (sulfide) groups is 1. The van der Waals surface area contributed by atoms with Crippen LogP contribution in [0.1, 0.15) is 32.1 Å². The fraction of sp³-hybridized carbons (Fsp3) is 0.556. The fourth-order valence-corrected chi connectivity index (χ4v) is 4.53. The Kier molecular flexibility index (Phi) is 5.26. The number of carbonyl (C=O) groups excluding carboxylic acids is 2. The molecule has 124 valence electrons. The van der Waals surface area contributed by atoms with Gasteiger partial charge in [-0.2, -0.15) is 0 Å². The number of nitrogens with one attached hydrogen (secondary N) is 1. The van der Waals surface area contributed by atoms with Crippen LogP contribution in [0, 0.1) is 17.8 Å². The van der Waals surface area contributed by atoms with Crippen LogP contribution in [0.25, 0.3) is 0 Å². The molecule has 2 saturated carbocycles. The number of carbonyl (C=O) groups is 2. The topological polar surface area (TPSA) is 55.4 Å². The number of amides is 1. The minimum atomic E-state index is -0.284. The predicted molar refractivity (Wildman–Crippen MR) is 91.4 cm³/mol. The molecule has 0 heterocycles. The maximum Gasteiger partial charge on any atom is 0.306 e. The average Bonchev–Trinajstić information content (AvgIpc) is 3.16. The largest absolute Gasteiger partial charge is 0.456 e. The van der Waals surface area contributed by atoms with E-state index in [0.29, 0.717) is 18.3 Å². The highest BCUT2D eigenvalue weighted by molar-refractivity contribution is 7.98. The van der Waals surface area contributed by atoms with Crippen molar-refractivity contribution in [1.82, 2.24) is 0 Å². The minimum absolute atomic E-state index is 0.206. The molecule has 1 aromatic carbocycles. The van der Waals surface area contributed by atoms with Crippen molar-refractivity contribution < 1.29 is 14.3 Å². The number of ether oxygens (including phenoxy) is 1. The molecule has 2 aliphatic rings. The molecule has 0 saturated heterocycles. The monoisotopic (exact) mass is 333 g/mol. The summed E-state index contributed by atoms with van der Waals surface area (Å²) in [4.78, 5) is 24.9. The number of anilines is 1. The second-order valence-corrected chi connectivity index (χ2v) is 7.40. The SMILES string of the molecule is CSc1ccccc1NC(=O)COC(=O)C[C@H]1C[C@H]2CC[C@@H]1C2. The molecule has 4 nitrogen and oxygen atoms in total. The number of para-hydroxylation sites is 1. The van der Waals surface area contributed by atoms with E-state index in [4.69, 9.17) is 4.74 Å². The Bertz CT molecular complexity index is 589. The van der Waals surface area contributed by atoms with E-state index in [0.717, 1.165) is 22.9 Å². The van der Waals surface area contributed by atoms with E-state index in [9.17, 15) is 9.59 Å². The first-order valence-electron chi connectivity index (χ1n) is 8.24. The molecule has 0 spiro atoms. The highest BCUT2D eigenvalue weighted by Crippen LogP contribution is 2.49. The molecule has 1 amide bonds. The van der Waals surface area contributed by atoms with E-state index >= 15 is 0 Å². The third-order valence-electron chi connectivity index (χ3n) is 5.06. The van der Waals surface area contributed by atoms with E-state index in [1.807, 2.05) is 30.5 Å². The molecule has 1 N–H and O–H groups in total. The number of rotatable bonds is 6. The van der Waals surface area contributed by atoms with Crippen LogP contribution >= 0.6 is 11.8 Å². The second kappa shape index (κ2) is 7.39. The number of hydrogen-bond acceptors (Lipinski definition) is 4. The van der Waals surface area contributed by atoms with Crippen molar-refractivity contribution in [3.8, 4) is 0 Å². The normalized spacial score (nSPS) is 25.3. The Morgan fingerprint density at radius 1 is 1.26 bits per heavy atom. The molecule has 0 unspecified atom stereocenters. The minimum Gasteiger partial charge on any atom is -0.456 e. The highest BCUT2D eigenvalue weighted by atomic mass is 32.2. The summed E-state index contributed by atoms with van der Waals surface area (Å²) in [6, 6.07) is 7.59. The molecule has 1 aromatic rings. The number of hydrogen-bond donors (Lipinski definition) is 1. The molecule has 0 radical (unpaired) electrons. The van der Waals surface area contributed by atoms with Crippen LogP contribution in [0.4, 0.5) is 5.69 Å². The van der Waals surface area contributed by atoms with Crippen LogP contribution < -0.4 is 5.32 Å². The predicted octanol–water partition coefficient (Wildman–Crippen LogP) is 3.72. The van der Waals surface area contributed by atoms with Crippen molar-refractivity contribution in [2.45, 2.75) is 37.0 Å². The van der Waals surface area contributed by atoms with Gasteiger partial charge in [0, 0.05) is 11.3 Å². The maximum atomic E-state index is 12.0. The Labute approximate surface area is 141 Å². The number of benzene rings is 1. The third kappa shape index (κ3) is 4.08. The van der Waals surface area contributed by atoms with Crippen LogP contribution in [0.5, 0.6) is 0 Å². The second-order valence-electron chi connectivity index (χ2n) is 6.55. The summed E-state index contributed by atoms with van der Waals surface area (Å²) in [6.45, 7) is -0.206. The summed E-state index contributed by atoms with van der Waals surface area (Å²) in [6.07, 6.45) is 7.45. The third-order valence-corrected chi connectivity index (χ3v) is 5.85. The van der Waals surface area contributed by atoms with Gasteiger partial charge in [-0.3, -0.25) is 9.59 Å². The Morgan fingerprint density at radius 3 is 2.78 bits per heavy atom. The van der Waals surface area contributed by atoms with Crippen LogP contribution in [-0.4, -0.2) is 24.7 Å². The van der Waals surface area contributed by atoms with Crippen LogP contribution in [0.3, 0.4) is 0 Å². The van der Waals surface area contributed by atoms with Gasteiger partial charge in [0.05, 0.1) is 5.69 Å². The summed E-state index contributed by atoms with van der Waals surface area (Å²) in [7, 11) is 0. The first-order chi connectivity index (χ1) is 11.2. The smallest absolute Gasteiger partial charge is 0.306 e. The van der Waals surface area contributed by atoms with Gasteiger partial charge < -0.3 is 10.1 Å². The molecule has 0 aromatic heterocycles. The Morgan fingerprint density at radius 2 is 2.09 bits per heavy atom. The zero-order valence-electron chi connectivity index (χ0n) is 13.4. The van der Waals surface area contributed by atoms with E-state index < -0.39 is 0 Å². The van der Waals surface area contributed by atoms with Gasteiger partial charge in [0.2, 0.25) is 0 Å². The molecular weight excluding hydrogens is 310 g/mol. The quantitative estimate of drug-likeness (QED) is 0.637. The molecule has 3 atom stereocenters. The summed E-state index contributed by atoms with van der Waals surface area (Å²) in [5, 5.41) is 2.80. The van der Waals surface area contributed by atoms with Gasteiger partial charge in [0.25, 0.3) is 5.91 Å². The molecule has 0 aliphatic heterocycles. The molecule has 2 aliphatic carbocycles. The molecular formula is C18H23NO3S. The van der Waals surface area contributed by atoms with Crippen molar-refractivity contribution in [2.75, 3.05) is 18.2 Å². The van der Waals surface area contributed by atoms with Crippen LogP contribution in [0.15, 0.2) is 29.2 Å². The van der Waals surface area contributed by atoms with Gasteiger partial charge >= 0.3 is 5.97 Å². The van der Waals surface area contributed by atoms with Crippen molar-refractivity contribution in [3.63, 3.8) is 0 Å². The first kappa shape index (κ1) is 16.4. The molecule has 3 rings (SSSR count). The zero-order valence-corrected chi connectivity index (χ0v) is 14.2. The van der Waals surface area contributed by atoms with Crippen molar-refractivity contribution in [1.29, 1.82) is 0 Å². The Balaban J connectivity index is 1.42. The van der Waals surface area contributed by atoms with E-state index in [1.54, 1.807) is 11.8 Å². The Hall–Kier alpha value is -1.49. The lowest BCUT2D eigenvalue weighted by molar-refractivity contribution is -0.148. The summed E-state index contributed by atoms with van der Waals surface area (Å²) in [5.74, 6) is 1.48. The summed E-state index contributed by atoms with van der Waals surface area (Å²) < 4.78 is 5.16. The van der Waals surface area contributed by atoms with Gasteiger partial charge in [-0.1, -0.05) is 18.6 Å².